The average Bonchev–Trinajstić information content (AvgIpc) is 3.25. The van der Waals surface area contributed by atoms with Crippen molar-refractivity contribution >= 4 is 43.8 Å². The first-order chi connectivity index (χ1) is 19.4. The molecule has 1 aliphatic rings. The number of sulfonamides is 1. The van der Waals surface area contributed by atoms with Crippen LogP contribution in [0.25, 0.3) is 21.3 Å². The van der Waals surface area contributed by atoms with E-state index in [2.05, 4.69) is 32.0 Å². The Morgan fingerprint density at radius 1 is 1.15 bits per heavy atom. The zero-order valence-corrected chi connectivity index (χ0v) is 24.3. The lowest BCUT2D eigenvalue weighted by Gasteiger charge is -2.30. The van der Waals surface area contributed by atoms with E-state index in [0.29, 0.717) is 44.5 Å². The van der Waals surface area contributed by atoms with Crippen molar-refractivity contribution in [3.05, 3.63) is 53.2 Å². The van der Waals surface area contributed by atoms with Gasteiger partial charge >= 0.3 is 6.18 Å². The molecule has 1 aliphatic heterocycles. The summed E-state index contributed by atoms with van der Waals surface area (Å²) in [5, 5.41) is 5.07. The predicted octanol–water partition coefficient (Wildman–Crippen LogP) is 5.97. The Bertz CT molecular complexity index is 1680. The van der Waals surface area contributed by atoms with Crippen LogP contribution in [0.3, 0.4) is 0 Å². The minimum absolute atomic E-state index is 0.0317. The minimum Gasteiger partial charge on any atom is -0.437 e. The van der Waals surface area contributed by atoms with Gasteiger partial charge in [0.15, 0.2) is 5.75 Å². The van der Waals surface area contributed by atoms with E-state index in [0.717, 1.165) is 30.9 Å². The number of aryl methyl sites for hydroxylation is 2. The molecule has 0 aliphatic carbocycles. The van der Waals surface area contributed by atoms with Gasteiger partial charge in [0, 0.05) is 29.6 Å². The SMILES string of the molecule is Cc1nc(Oc2c(C)cc(NS(=O)(=O)CC(F)(F)F)c3ccccc23)c(-c2ccnc(N[C@H]3CCCN(C)C3)n2)s1. The Hall–Kier alpha value is -3.49. The second kappa shape index (κ2) is 11.4. The van der Waals surface area contributed by atoms with Crippen LogP contribution in [0, 0.1) is 13.8 Å². The summed E-state index contributed by atoms with van der Waals surface area (Å²) < 4.78 is 71.4. The highest BCUT2D eigenvalue weighted by Gasteiger charge is 2.35. The molecule has 0 bridgehead atoms. The number of nitrogens with one attached hydrogen (secondary N) is 2. The number of piperidine rings is 1. The molecule has 0 radical (unpaired) electrons. The molecule has 3 heterocycles. The van der Waals surface area contributed by atoms with Gasteiger partial charge < -0.3 is 15.0 Å². The van der Waals surface area contributed by atoms with Crippen LogP contribution in [-0.2, 0) is 10.0 Å². The zero-order valence-electron chi connectivity index (χ0n) is 22.6. The van der Waals surface area contributed by atoms with Crippen molar-refractivity contribution in [2.75, 3.05) is 35.9 Å². The third kappa shape index (κ3) is 7.05. The molecule has 0 amide bonds. The smallest absolute Gasteiger partial charge is 0.404 e. The Kier molecular flexibility index (Phi) is 8.08. The number of fused-ring (bicyclic) bond motifs is 1. The molecule has 5 rings (SSSR count). The number of likely N-dealkylation sites (tertiary alicyclic amines) is 1. The molecule has 2 N–H and O–H groups in total. The Balaban J connectivity index is 1.47. The standard InChI is InChI=1S/C27H29F3N6O3S2/c1-16-13-22(35-41(37,38)15-27(28,29)30)19-8-4-5-9-20(19)23(16)39-25-24(40-17(2)32-25)21-10-11-31-26(34-21)33-18-7-6-12-36(3)14-18/h4-5,8-11,13,18,35H,6-7,12,14-15H2,1-3H3,(H,31,33,34)/t18-/m0/s1. The number of aromatic nitrogens is 3. The van der Waals surface area contributed by atoms with Gasteiger partial charge in [-0.05, 0) is 58.0 Å². The lowest BCUT2D eigenvalue weighted by molar-refractivity contribution is -0.106. The van der Waals surface area contributed by atoms with E-state index in [1.807, 2.05) is 6.92 Å². The highest BCUT2D eigenvalue weighted by Crippen LogP contribution is 2.42. The lowest BCUT2D eigenvalue weighted by atomic mass is 10.0. The summed E-state index contributed by atoms with van der Waals surface area (Å²) in [7, 11) is -2.59. The number of thiazole rings is 1. The lowest BCUT2D eigenvalue weighted by Crippen LogP contribution is -2.40. The van der Waals surface area contributed by atoms with Crippen molar-refractivity contribution in [2.45, 2.75) is 38.9 Å². The Morgan fingerprint density at radius 3 is 2.63 bits per heavy atom. The number of rotatable bonds is 8. The van der Waals surface area contributed by atoms with E-state index in [1.54, 1.807) is 43.5 Å². The van der Waals surface area contributed by atoms with Gasteiger partial charge in [0.2, 0.25) is 21.9 Å². The van der Waals surface area contributed by atoms with E-state index in [-0.39, 0.29) is 11.7 Å². The van der Waals surface area contributed by atoms with Gasteiger partial charge in [-0.2, -0.15) is 13.2 Å². The van der Waals surface area contributed by atoms with Crippen LogP contribution in [0.2, 0.25) is 0 Å². The minimum atomic E-state index is -4.87. The highest BCUT2D eigenvalue weighted by atomic mass is 32.2. The third-order valence-electron chi connectivity index (χ3n) is 6.55. The van der Waals surface area contributed by atoms with E-state index in [1.165, 1.54) is 17.4 Å². The molecule has 0 saturated carbocycles. The topological polar surface area (TPSA) is 109 Å². The number of benzene rings is 2. The first-order valence-electron chi connectivity index (χ1n) is 12.9. The van der Waals surface area contributed by atoms with Crippen LogP contribution in [0.15, 0.2) is 42.6 Å². The molecular formula is C27H29F3N6O3S2. The molecule has 1 fully saturated rings. The van der Waals surface area contributed by atoms with Crippen molar-refractivity contribution < 1.29 is 26.3 Å². The van der Waals surface area contributed by atoms with Crippen LogP contribution in [-0.4, -0.2) is 66.4 Å². The highest BCUT2D eigenvalue weighted by molar-refractivity contribution is 7.92. The molecule has 41 heavy (non-hydrogen) atoms. The summed E-state index contributed by atoms with van der Waals surface area (Å²) in [5.74, 6) is -0.756. The summed E-state index contributed by atoms with van der Waals surface area (Å²) in [6.45, 7) is 5.50. The van der Waals surface area contributed by atoms with Crippen LogP contribution in [0.4, 0.5) is 24.8 Å². The average molecular weight is 607 g/mol. The van der Waals surface area contributed by atoms with Gasteiger partial charge in [0.05, 0.1) is 16.4 Å². The van der Waals surface area contributed by atoms with Crippen molar-refractivity contribution in [2.24, 2.45) is 0 Å². The van der Waals surface area contributed by atoms with Gasteiger partial charge in [-0.15, -0.1) is 11.3 Å². The number of halogens is 3. The van der Waals surface area contributed by atoms with Gasteiger partial charge in [-0.25, -0.2) is 23.4 Å². The fourth-order valence-electron chi connectivity index (χ4n) is 4.88. The molecule has 14 heteroatoms. The first-order valence-corrected chi connectivity index (χ1v) is 15.4. The number of anilines is 2. The summed E-state index contributed by atoms with van der Waals surface area (Å²) in [4.78, 5) is 16.7. The molecule has 2 aromatic carbocycles. The normalized spacial score (nSPS) is 16.6. The van der Waals surface area contributed by atoms with Crippen LogP contribution < -0.4 is 14.8 Å². The van der Waals surface area contributed by atoms with Crippen LogP contribution in [0.1, 0.15) is 23.4 Å². The summed E-state index contributed by atoms with van der Waals surface area (Å²) >= 11 is 1.41. The van der Waals surface area contributed by atoms with E-state index in [9.17, 15) is 21.6 Å². The number of alkyl halides is 3. The molecule has 4 aromatic rings. The summed E-state index contributed by atoms with van der Waals surface area (Å²) in [5.41, 5.74) is 1.17. The number of hydrogen-bond donors (Lipinski definition) is 2. The molecule has 0 spiro atoms. The van der Waals surface area contributed by atoms with E-state index < -0.39 is 22.0 Å². The fraction of sp³-hybridized carbons (Fsp3) is 0.370. The number of nitrogens with zero attached hydrogens (tertiary/aromatic N) is 4. The van der Waals surface area contributed by atoms with Gasteiger partial charge in [-0.1, -0.05) is 24.3 Å². The number of likely N-dealkylation sites (N-methyl/N-ethyl adjacent to an activating group) is 1. The van der Waals surface area contributed by atoms with Gasteiger partial charge in [-0.3, -0.25) is 4.72 Å². The molecule has 0 unspecified atom stereocenters. The largest absolute Gasteiger partial charge is 0.437 e. The van der Waals surface area contributed by atoms with Crippen molar-refractivity contribution in [1.29, 1.82) is 0 Å². The molecule has 1 saturated heterocycles. The maximum Gasteiger partial charge on any atom is 0.404 e. The second-order valence-corrected chi connectivity index (χ2v) is 13.0. The molecule has 218 valence electrons. The Labute approximate surface area is 239 Å². The predicted molar refractivity (Wildman–Crippen MR) is 154 cm³/mol. The Morgan fingerprint density at radius 2 is 1.90 bits per heavy atom. The molecule has 1 atom stereocenters. The summed E-state index contributed by atoms with van der Waals surface area (Å²) in [6.07, 6.45) is -1.07. The second-order valence-electron chi connectivity index (χ2n) is 10.1. The van der Waals surface area contributed by atoms with E-state index >= 15 is 0 Å². The monoisotopic (exact) mass is 606 g/mol. The molecular weight excluding hydrogens is 577 g/mol. The number of ether oxygens (including phenoxy) is 1. The molecule has 9 nitrogen and oxygen atoms in total. The van der Waals surface area contributed by atoms with Crippen molar-refractivity contribution in [1.82, 2.24) is 19.9 Å². The van der Waals surface area contributed by atoms with Crippen LogP contribution >= 0.6 is 11.3 Å². The maximum atomic E-state index is 12.8. The third-order valence-corrected chi connectivity index (χ3v) is 8.76. The van der Waals surface area contributed by atoms with E-state index in [4.69, 9.17) is 9.72 Å². The maximum absolute atomic E-state index is 12.8. The van der Waals surface area contributed by atoms with Gasteiger partial charge in [0.25, 0.3) is 0 Å². The van der Waals surface area contributed by atoms with Gasteiger partial charge in [0.1, 0.15) is 10.6 Å². The summed E-state index contributed by atoms with van der Waals surface area (Å²) in [6, 6.07) is 10.2. The zero-order chi connectivity index (χ0) is 29.4. The van der Waals surface area contributed by atoms with Crippen molar-refractivity contribution in [3.63, 3.8) is 0 Å². The van der Waals surface area contributed by atoms with Crippen molar-refractivity contribution in [3.8, 4) is 22.2 Å². The first kappa shape index (κ1) is 29.0. The quantitative estimate of drug-likeness (QED) is 0.253. The van der Waals surface area contributed by atoms with Crippen LogP contribution in [0.5, 0.6) is 11.6 Å². The molecule has 2 aromatic heterocycles. The fourth-order valence-corrected chi connectivity index (χ4v) is 6.71. The number of hydrogen-bond acceptors (Lipinski definition) is 9.